The molecule has 0 aliphatic heterocycles. The normalized spacial score (nSPS) is 9.87. The fraction of sp³-hybridized carbons (Fsp3) is 0.333. The van der Waals surface area contributed by atoms with Crippen molar-refractivity contribution >= 4 is 21.6 Å². The zero-order valence-corrected chi connectivity index (χ0v) is 10.4. The average molecular weight is 238 g/mol. The van der Waals surface area contributed by atoms with Crippen molar-refractivity contribution in [3.8, 4) is 12.3 Å². The number of benzene rings is 1. The third-order valence-electron chi connectivity index (χ3n) is 1.67. The summed E-state index contributed by atoms with van der Waals surface area (Å²) in [7, 11) is 3.56. The maximum absolute atomic E-state index is 5.17. The molecule has 0 aliphatic carbocycles. The van der Waals surface area contributed by atoms with Gasteiger partial charge in [0.1, 0.15) is 6.61 Å². The van der Waals surface area contributed by atoms with E-state index in [2.05, 4.69) is 37.1 Å². The molecule has 15 heavy (non-hydrogen) atoms. The fourth-order valence-corrected chi connectivity index (χ4v) is 2.78. The van der Waals surface area contributed by atoms with Crippen LogP contribution >= 0.6 is 21.6 Å². The van der Waals surface area contributed by atoms with Gasteiger partial charge in [-0.15, -0.1) is 6.42 Å². The SMILES string of the molecule is C#CCOCCSSc1ccc(C)cc1. The molecule has 0 amide bonds. The summed E-state index contributed by atoms with van der Waals surface area (Å²) in [5, 5.41) is 0. The Kier molecular flexibility index (Phi) is 6.42. The van der Waals surface area contributed by atoms with E-state index in [1.807, 2.05) is 0 Å². The van der Waals surface area contributed by atoms with Gasteiger partial charge >= 0.3 is 0 Å². The molecular weight excluding hydrogens is 224 g/mol. The minimum Gasteiger partial charge on any atom is -0.368 e. The van der Waals surface area contributed by atoms with Gasteiger partial charge in [0.2, 0.25) is 0 Å². The van der Waals surface area contributed by atoms with Crippen LogP contribution in [-0.4, -0.2) is 19.0 Å². The van der Waals surface area contributed by atoms with E-state index in [9.17, 15) is 0 Å². The summed E-state index contributed by atoms with van der Waals surface area (Å²) >= 11 is 0. The van der Waals surface area contributed by atoms with Crippen molar-refractivity contribution in [3.63, 3.8) is 0 Å². The molecule has 1 aromatic carbocycles. The van der Waals surface area contributed by atoms with Crippen molar-refractivity contribution in [1.29, 1.82) is 0 Å². The molecule has 0 bridgehead atoms. The number of terminal acetylenes is 1. The van der Waals surface area contributed by atoms with E-state index in [0.29, 0.717) is 13.2 Å². The van der Waals surface area contributed by atoms with Crippen LogP contribution in [-0.2, 0) is 4.74 Å². The summed E-state index contributed by atoms with van der Waals surface area (Å²) < 4.78 is 5.17. The van der Waals surface area contributed by atoms with Crippen molar-refractivity contribution in [3.05, 3.63) is 29.8 Å². The highest BCUT2D eigenvalue weighted by atomic mass is 33.1. The summed E-state index contributed by atoms with van der Waals surface area (Å²) in [5.74, 6) is 3.40. The van der Waals surface area contributed by atoms with Gasteiger partial charge in [-0.3, -0.25) is 0 Å². The van der Waals surface area contributed by atoms with Crippen LogP contribution in [0.2, 0.25) is 0 Å². The fourth-order valence-electron chi connectivity index (χ4n) is 0.928. The molecule has 0 saturated heterocycles. The Labute approximate surface area is 99.4 Å². The van der Waals surface area contributed by atoms with E-state index >= 15 is 0 Å². The summed E-state index contributed by atoms with van der Waals surface area (Å²) in [5.41, 5.74) is 1.29. The molecule has 1 nitrogen and oxygen atoms in total. The standard InChI is InChI=1S/C12H14OS2/c1-3-8-13-9-10-14-15-12-6-4-11(2)5-7-12/h1,4-7H,8-10H2,2H3. The predicted molar refractivity (Wildman–Crippen MR) is 69.1 cm³/mol. The number of aryl methyl sites for hydroxylation is 1. The zero-order valence-electron chi connectivity index (χ0n) is 8.73. The second kappa shape index (κ2) is 7.70. The molecule has 0 atom stereocenters. The molecule has 0 unspecified atom stereocenters. The van der Waals surface area contributed by atoms with E-state index < -0.39 is 0 Å². The molecule has 3 heteroatoms. The van der Waals surface area contributed by atoms with Gasteiger partial charge in [0.25, 0.3) is 0 Å². The largest absolute Gasteiger partial charge is 0.368 e. The van der Waals surface area contributed by atoms with Crippen molar-refractivity contribution in [2.75, 3.05) is 19.0 Å². The van der Waals surface area contributed by atoms with Crippen molar-refractivity contribution in [2.45, 2.75) is 11.8 Å². The summed E-state index contributed by atoms with van der Waals surface area (Å²) in [6.45, 7) is 3.22. The van der Waals surface area contributed by atoms with Crippen LogP contribution in [0.1, 0.15) is 5.56 Å². The lowest BCUT2D eigenvalue weighted by Crippen LogP contribution is -1.95. The van der Waals surface area contributed by atoms with Gasteiger partial charge in [0.15, 0.2) is 0 Å². The van der Waals surface area contributed by atoms with Gasteiger partial charge in [0.05, 0.1) is 6.61 Å². The van der Waals surface area contributed by atoms with Gasteiger partial charge in [-0.1, -0.05) is 45.2 Å². The van der Waals surface area contributed by atoms with Crippen LogP contribution < -0.4 is 0 Å². The highest BCUT2D eigenvalue weighted by molar-refractivity contribution is 8.76. The van der Waals surface area contributed by atoms with Crippen LogP contribution in [0.3, 0.4) is 0 Å². The minimum absolute atomic E-state index is 0.412. The minimum atomic E-state index is 0.412. The van der Waals surface area contributed by atoms with Crippen LogP contribution in [0.25, 0.3) is 0 Å². The Hall–Kier alpha value is -0.560. The lowest BCUT2D eigenvalue weighted by molar-refractivity contribution is 0.185. The van der Waals surface area contributed by atoms with Gasteiger partial charge in [0, 0.05) is 10.6 Å². The zero-order chi connectivity index (χ0) is 10.9. The van der Waals surface area contributed by atoms with Gasteiger partial charge in [-0.05, 0) is 19.1 Å². The lowest BCUT2D eigenvalue weighted by atomic mass is 10.2. The molecule has 0 fully saturated rings. The second-order valence-corrected chi connectivity index (χ2v) is 5.46. The van der Waals surface area contributed by atoms with Crippen molar-refractivity contribution in [1.82, 2.24) is 0 Å². The van der Waals surface area contributed by atoms with E-state index in [-0.39, 0.29) is 0 Å². The third-order valence-corrected chi connectivity index (χ3v) is 4.02. The summed E-state index contributed by atoms with van der Waals surface area (Å²) in [4.78, 5) is 1.28. The maximum Gasteiger partial charge on any atom is 0.107 e. The maximum atomic E-state index is 5.17. The average Bonchev–Trinajstić information content (AvgIpc) is 2.26. The lowest BCUT2D eigenvalue weighted by Gasteiger charge is -2.01. The summed E-state index contributed by atoms with van der Waals surface area (Å²) in [6.07, 6.45) is 5.06. The molecular formula is C12H14OS2. The first-order valence-electron chi connectivity index (χ1n) is 4.70. The number of hydrogen-bond acceptors (Lipinski definition) is 3. The molecule has 0 aliphatic rings. The van der Waals surface area contributed by atoms with Crippen LogP contribution in [0.15, 0.2) is 29.2 Å². The smallest absolute Gasteiger partial charge is 0.107 e. The number of ether oxygens (including phenoxy) is 1. The third kappa shape index (κ3) is 5.78. The predicted octanol–water partition coefficient (Wildman–Crippen LogP) is 3.39. The molecule has 0 aromatic heterocycles. The number of rotatable bonds is 6. The van der Waals surface area contributed by atoms with E-state index in [0.717, 1.165) is 5.75 Å². The monoisotopic (exact) mass is 238 g/mol. The molecule has 0 heterocycles. The molecule has 80 valence electrons. The van der Waals surface area contributed by atoms with E-state index in [1.165, 1.54) is 10.5 Å². The molecule has 0 radical (unpaired) electrons. The molecule has 1 rings (SSSR count). The highest BCUT2D eigenvalue weighted by Gasteiger charge is 1.94. The van der Waals surface area contributed by atoms with Crippen molar-refractivity contribution < 1.29 is 4.74 Å². The Balaban J connectivity index is 2.10. The molecule has 0 spiro atoms. The highest BCUT2D eigenvalue weighted by Crippen LogP contribution is 2.30. The molecule has 1 aromatic rings. The first-order chi connectivity index (χ1) is 7.33. The summed E-state index contributed by atoms with van der Waals surface area (Å²) in [6, 6.07) is 8.51. The van der Waals surface area contributed by atoms with Gasteiger partial charge in [-0.25, -0.2) is 0 Å². The van der Waals surface area contributed by atoms with E-state index in [1.54, 1.807) is 21.6 Å². The first-order valence-corrected chi connectivity index (χ1v) is 7.02. The van der Waals surface area contributed by atoms with Crippen LogP contribution in [0, 0.1) is 19.3 Å². The topological polar surface area (TPSA) is 9.23 Å². The second-order valence-electron chi connectivity index (χ2n) is 2.98. The van der Waals surface area contributed by atoms with E-state index in [4.69, 9.17) is 11.2 Å². The van der Waals surface area contributed by atoms with Crippen LogP contribution in [0.5, 0.6) is 0 Å². The molecule has 0 N–H and O–H groups in total. The van der Waals surface area contributed by atoms with Gasteiger partial charge < -0.3 is 4.74 Å². The molecule has 0 saturated carbocycles. The van der Waals surface area contributed by atoms with Gasteiger partial charge in [-0.2, -0.15) is 0 Å². The Morgan fingerprint density at radius 2 is 2.07 bits per heavy atom. The Morgan fingerprint density at radius 3 is 2.73 bits per heavy atom. The Morgan fingerprint density at radius 1 is 1.33 bits per heavy atom. The number of hydrogen-bond donors (Lipinski definition) is 0. The van der Waals surface area contributed by atoms with Crippen LogP contribution in [0.4, 0.5) is 0 Å². The Bertz CT molecular complexity index is 313. The first kappa shape index (κ1) is 12.5. The van der Waals surface area contributed by atoms with Crippen molar-refractivity contribution in [2.24, 2.45) is 0 Å². The quantitative estimate of drug-likeness (QED) is 0.427.